The van der Waals surface area contributed by atoms with E-state index in [1.54, 1.807) is 11.2 Å². The van der Waals surface area contributed by atoms with Gasteiger partial charge in [0.15, 0.2) is 0 Å². The fourth-order valence-electron chi connectivity index (χ4n) is 6.23. The molecule has 1 aromatic heterocycles. The number of hydrogen-bond donors (Lipinski definition) is 3. The Morgan fingerprint density at radius 2 is 1.31 bits per heavy atom. The molecule has 1 atom stereocenters. The van der Waals surface area contributed by atoms with Gasteiger partial charge in [-0.2, -0.15) is 0 Å². The number of nitrogens with one attached hydrogen (secondary N) is 2. The number of carbonyl (C=O) groups is 3. The molecule has 48 heavy (non-hydrogen) atoms. The molecule has 0 saturated heterocycles. The van der Waals surface area contributed by atoms with Crippen LogP contribution in [-0.4, -0.2) is 70.1 Å². The van der Waals surface area contributed by atoms with E-state index in [-0.39, 0.29) is 25.4 Å². The van der Waals surface area contributed by atoms with Gasteiger partial charge in [0.1, 0.15) is 11.6 Å². The molecule has 9 heteroatoms. The first kappa shape index (κ1) is 33.8. The van der Waals surface area contributed by atoms with Crippen LogP contribution >= 0.6 is 0 Å². The first-order chi connectivity index (χ1) is 23.4. The van der Waals surface area contributed by atoms with E-state index < -0.39 is 23.5 Å². The topological polar surface area (TPSA) is 117 Å². The third-order valence-electron chi connectivity index (χ3n) is 8.42. The Hall–Kier alpha value is -5.54. The average Bonchev–Trinajstić information content (AvgIpc) is 3.58. The van der Waals surface area contributed by atoms with Crippen LogP contribution in [0.15, 0.2) is 134 Å². The lowest BCUT2D eigenvalue weighted by Gasteiger charge is -2.37. The van der Waals surface area contributed by atoms with Crippen LogP contribution in [0.25, 0.3) is 0 Å². The van der Waals surface area contributed by atoms with Crippen LogP contribution in [0, 0.1) is 0 Å². The van der Waals surface area contributed by atoms with Crippen LogP contribution in [0.4, 0.5) is 0 Å². The highest BCUT2D eigenvalue weighted by atomic mass is 16.4. The minimum atomic E-state index is -1.02. The number of carbonyl (C=O) groups excluding carboxylic acids is 2. The van der Waals surface area contributed by atoms with Crippen molar-refractivity contribution in [1.29, 1.82) is 0 Å². The number of carboxylic acids is 1. The Morgan fingerprint density at radius 3 is 1.81 bits per heavy atom. The summed E-state index contributed by atoms with van der Waals surface area (Å²) in [7, 11) is 1.52. The monoisotopic (exact) mass is 643 g/mol. The molecule has 5 rings (SSSR count). The van der Waals surface area contributed by atoms with Crippen LogP contribution in [0.5, 0.6) is 0 Å². The second-order valence-electron chi connectivity index (χ2n) is 11.7. The first-order valence-corrected chi connectivity index (χ1v) is 16.1. The molecule has 1 heterocycles. The van der Waals surface area contributed by atoms with Crippen molar-refractivity contribution in [3.05, 3.63) is 162 Å². The molecule has 3 N–H and O–H groups in total. The lowest BCUT2D eigenvalue weighted by Crippen LogP contribution is -2.50. The van der Waals surface area contributed by atoms with E-state index in [1.165, 1.54) is 7.05 Å². The zero-order valence-electron chi connectivity index (χ0n) is 27.0. The predicted octanol–water partition coefficient (Wildman–Crippen LogP) is 4.52. The highest BCUT2D eigenvalue weighted by Gasteiger charge is 2.38. The molecule has 0 radical (unpaired) electrons. The smallest absolute Gasteiger partial charge is 0.317 e. The maximum Gasteiger partial charge on any atom is 0.317 e. The van der Waals surface area contributed by atoms with E-state index in [2.05, 4.69) is 51.6 Å². The Labute approximate surface area is 281 Å². The lowest BCUT2D eigenvalue weighted by atomic mass is 9.77. The fourth-order valence-corrected chi connectivity index (χ4v) is 6.23. The summed E-state index contributed by atoms with van der Waals surface area (Å²) < 4.78 is 2.06. The summed E-state index contributed by atoms with van der Waals surface area (Å²) in [4.78, 5) is 44.2. The number of aromatic nitrogens is 2. The zero-order chi connectivity index (χ0) is 33.8. The number of hydrogen-bond acceptors (Lipinski definition) is 5. The molecule has 0 aliphatic carbocycles. The molecule has 9 nitrogen and oxygen atoms in total. The van der Waals surface area contributed by atoms with E-state index >= 15 is 0 Å². The second-order valence-corrected chi connectivity index (χ2v) is 11.7. The standard InChI is InChI=1S/C39H41N5O4/c1-40-38(48)35(42-36(45)27-43(28-37(46)47)24-14-17-30-15-6-2-7-16-30)25-34-26-44(29-41-34)39(31-18-8-3-9-19-31,32-20-10-4-11-21-32)33-22-12-5-13-23-33/h2-13,15-16,18-23,26,29,35H,14,17,24-25,27-28H2,1H3,(H,40,48)(H,42,45)(H,46,47)/t35-/m0/s1. The summed E-state index contributed by atoms with van der Waals surface area (Å²) in [6.07, 6.45) is 5.28. The number of benzene rings is 4. The molecule has 4 aromatic carbocycles. The fraction of sp³-hybridized carbons (Fsp3) is 0.231. The van der Waals surface area contributed by atoms with E-state index in [9.17, 15) is 19.5 Å². The third kappa shape index (κ3) is 8.24. The zero-order valence-corrected chi connectivity index (χ0v) is 27.0. The molecular formula is C39H41N5O4. The molecular weight excluding hydrogens is 602 g/mol. The summed E-state index contributed by atoms with van der Waals surface area (Å²) >= 11 is 0. The number of likely N-dealkylation sites (N-methyl/N-ethyl adjacent to an activating group) is 1. The third-order valence-corrected chi connectivity index (χ3v) is 8.42. The number of nitrogens with zero attached hydrogens (tertiary/aromatic N) is 3. The van der Waals surface area contributed by atoms with E-state index in [0.717, 1.165) is 28.7 Å². The summed E-state index contributed by atoms with van der Waals surface area (Å²) in [5.41, 5.74) is 4.10. The van der Waals surface area contributed by atoms with Crippen molar-refractivity contribution in [2.24, 2.45) is 0 Å². The lowest BCUT2D eigenvalue weighted by molar-refractivity contribution is -0.139. The molecule has 0 bridgehead atoms. The molecule has 5 aromatic rings. The van der Waals surface area contributed by atoms with Crippen molar-refractivity contribution < 1.29 is 19.5 Å². The Kier molecular flexibility index (Phi) is 11.5. The number of amides is 2. The van der Waals surface area contributed by atoms with E-state index in [0.29, 0.717) is 18.7 Å². The first-order valence-electron chi connectivity index (χ1n) is 16.1. The molecule has 0 fully saturated rings. The summed E-state index contributed by atoms with van der Waals surface area (Å²) in [6, 6.07) is 39.6. The minimum absolute atomic E-state index is 0.139. The van der Waals surface area contributed by atoms with Crippen molar-refractivity contribution >= 4 is 17.8 Å². The normalized spacial score (nSPS) is 12.0. The van der Waals surface area contributed by atoms with Gasteiger partial charge in [-0.15, -0.1) is 0 Å². The molecule has 0 aliphatic rings. The van der Waals surface area contributed by atoms with Crippen LogP contribution < -0.4 is 10.6 Å². The van der Waals surface area contributed by atoms with Crippen molar-refractivity contribution in [3.8, 4) is 0 Å². The van der Waals surface area contributed by atoms with Crippen LogP contribution in [0.1, 0.15) is 34.4 Å². The molecule has 0 aliphatic heterocycles. The Bertz CT molecular complexity index is 1670. The Balaban J connectivity index is 1.38. The van der Waals surface area contributed by atoms with Gasteiger partial charge in [-0.1, -0.05) is 121 Å². The molecule has 0 saturated carbocycles. The number of aliphatic carboxylic acids is 1. The van der Waals surface area contributed by atoms with Crippen molar-refractivity contribution in [1.82, 2.24) is 25.1 Å². The van der Waals surface area contributed by atoms with E-state index in [1.807, 2.05) is 91.1 Å². The highest BCUT2D eigenvalue weighted by molar-refractivity contribution is 5.88. The van der Waals surface area contributed by atoms with Crippen molar-refractivity contribution in [3.63, 3.8) is 0 Å². The van der Waals surface area contributed by atoms with Crippen molar-refractivity contribution in [2.45, 2.75) is 30.8 Å². The number of aryl methyl sites for hydroxylation is 1. The molecule has 246 valence electrons. The van der Waals surface area contributed by atoms with Crippen LogP contribution in [-0.2, 0) is 32.8 Å². The summed E-state index contributed by atoms with van der Waals surface area (Å²) in [6.45, 7) is -0.00977. The largest absolute Gasteiger partial charge is 0.480 e. The maximum absolute atomic E-state index is 13.3. The van der Waals surface area contributed by atoms with Crippen LogP contribution in [0.3, 0.4) is 0 Å². The SMILES string of the molecule is CNC(=O)[C@H](Cc1cn(C(c2ccccc2)(c2ccccc2)c2ccccc2)cn1)NC(=O)CN(CCCc1ccccc1)CC(=O)O. The van der Waals surface area contributed by atoms with Crippen LogP contribution in [0.2, 0.25) is 0 Å². The van der Waals surface area contributed by atoms with Gasteiger partial charge in [-0.05, 0) is 41.6 Å². The average molecular weight is 644 g/mol. The van der Waals surface area contributed by atoms with Gasteiger partial charge in [-0.3, -0.25) is 19.3 Å². The summed E-state index contributed by atoms with van der Waals surface area (Å²) in [5.74, 6) is -1.82. The van der Waals surface area contributed by atoms with Gasteiger partial charge in [0.05, 0.1) is 25.1 Å². The van der Waals surface area contributed by atoms with Gasteiger partial charge < -0.3 is 20.3 Å². The number of imidazole rings is 1. The molecule has 2 amide bonds. The second kappa shape index (κ2) is 16.3. The molecule has 0 spiro atoms. The quantitative estimate of drug-likeness (QED) is 0.136. The maximum atomic E-state index is 13.3. The van der Waals surface area contributed by atoms with E-state index in [4.69, 9.17) is 4.98 Å². The van der Waals surface area contributed by atoms with Gasteiger partial charge in [-0.25, -0.2) is 4.98 Å². The van der Waals surface area contributed by atoms with Gasteiger partial charge in [0, 0.05) is 19.7 Å². The molecule has 0 unspecified atom stereocenters. The van der Waals surface area contributed by atoms with Gasteiger partial charge >= 0.3 is 5.97 Å². The predicted molar refractivity (Wildman–Crippen MR) is 185 cm³/mol. The number of rotatable bonds is 16. The highest BCUT2D eigenvalue weighted by Crippen LogP contribution is 2.40. The minimum Gasteiger partial charge on any atom is -0.480 e. The van der Waals surface area contributed by atoms with Gasteiger partial charge in [0.25, 0.3) is 0 Å². The number of carboxylic acid groups (broad SMARTS) is 1. The Morgan fingerprint density at radius 1 is 0.792 bits per heavy atom. The van der Waals surface area contributed by atoms with Gasteiger partial charge in [0.2, 0.25) is 11.8 Å². The summed E-state index contributed by atoms with van der Waals surface area (Å²) in [5, 5.41) is 15.0. The van der Waals surface area contributed by atoms with Crippen molar-refractivity contribution in [2.75, 3.05) is 26.7 Å².